The van der Waals surface area contributed by atoms with Gasteiger partial charge in [0.2, 0.25) is 0 Å². The second-order valence-corrected chi connectivity index (χ2v) is 13.3. The van der Waals surface area contributed by atoms with E-state index in [0.717, 1.165) is 19.1 Å². The second kappa shape index (κ2) is 7.58. The number of rotatable bonds is 6. The van der Waals surface area contributed by atoms with Crippen LogP contribution in [-0.4, -0.2) is 32.9 Å². The van der Waals surface area contributed by atoms with Crippen LogP contribution < -0.4 is 0 Å². The van der Waals surface area contributed by atoms with E-state index in [2.05, 4.69) is 54.6 Å². The van der Waals surface area contributed by atoms with Crippen molar-refractivity contribution in [3.63, 3.8) is 0 Å². The lowest BCUT2D eigenvalue weighted by Crippen LogP contribution is -2.53. The fraction of sp³-hybridized carbons (Fsp3) is 0.944. The van der Waals surface area contributed by atoms with Crippen LogP contribution in [0.4, 0.5) is 0 Å². The lowest BCUT2D eigenvalue weighted by atomic mass is 9.85. The van der Waals surface area contributed by atoms with Crippen LogP contribution in [0.1, 0.15) is 60.8 Å². The first-order valence-corrected chi connectivity index (χ1v) is 11.7. The monoisotopic (exact) mass is 328 g/mol. The van der Waals surface area contributed by atoms with E-state index in [4.69, 9.17) is 9.16 Å². The van der Waals surface area contributed by atoms with Gasteiger partial charge in [0, 0.05) is 6.42 Å². The third kappa shape index (κ3) is 4.65. The minimum absolute atomic E-state index is 0.0421. The molecular weight excluding hydrogens is 292 g/mol. The van der Waals surface area contributed by atoms with Crippen LogP contribution in [0, 0.1) is 11.8 Å². The molecule has 1 aliphatic heterocycles. The Balaban J connectivity index is 2.94. The standard InChI is InChI=1S/C18H36O3Si/c1-9-15-14(3)12-16(17(20-15)13(2)10-11-19)21-22(7,8)18(4,5)6/h11,13-17H,9-10,12H2,1-8H3/t13-,14+,15+,16-,17-/m0/s1. The number of carbonyl (C=O) groups is 1. The smallest absolute Gasteiger partial charge is 0.192 e. The maximum atomic E-state index is 10.9. The predicted octanol–water partition coefficient (Wildman–Crippen LogP) is 4.81. The minimum Gasteiger partial charge on any atom is -0.411 e. The Bertz CT molecular complexity index is 362. The molecule has 5 atom stereocenters. The van der Waals surface area contributed by atoms with Gasteiger partial charge in [-0.2, -0.15) is 0 Å². The van der Waals surface area contributed by atoms with Gasteiger partial charge in [-0.3, -0.25) is 0 Å². The summed E-state index contributed by atoms with van der Waals surface area (Å²) in [5.74, 6) is 0.730. The van der Waals surface area contributed by atoms with Crippen LogP contribution in [-0.2, 0) is 14.0 Å². The maximum absolute atomic E-state index is 10.9. The third-order valence-corrected chi connectivity index (χ3v) is 10.1. The van der Waals surface area contributed by atoms with Gasteiger partial charge in [0.05, 0.1) is 18.3 Å². The SMILES string of the molecule is CC[C@H]1O[C@@H]([C@@H](C)CC=O)[C@@H](O[Si](C)(C)C(C)(C)C)C[C@H]1C. The highest BCUT2D eigenvalue weighted by Crippen LogP contribution is 2.41. The van der Waals surface area contributed by atoms with Gasteiger partial charge in [0.1, 0.15) is 6.29 Å². The average Bonchev–Trinajstić information content (AvgIpc) is 2.37. The molecule has 0 saturated carbocycles. The van der Waals surface area contributed by atoms with Gasteiger partial charge in [0.25, 0.3) is 0 Å². The molecule has 0 aliphatic carbocycles. The van der Waals surface area contributed by atoms with E-state index in [1.807, 2.05) is 0 Å². The molecule has 0 N–H and O–H groups in total. The first kappa shape index (κ1) is 19.9. The van der Waals surface area contributed by atoms with E-state index in [1.165, 1.54) is 0 Å². The summed E-state index contributed by atoms with van der Waals surface area (Å²) in [6.07, 6.45) is 4.08. The Kier molecular flexibility index (Phi) is 6.84. The van der Waals surface area contributed by atoms with Crippen molar-refractivity contribution in [3.8, 4) is 0 Å². The van der Waals surface area contributed by atoms with Crippen molar-refractivity contribution in [3.05, 3.63) is 0 Å². The van der Waals surface area contributed by atoms with Crippen LogP contribution in [0.3, 0.4) is 0 Å². The zero-order valence-corrected chi connectivity index (χ0v) is 16.8. The first-order chi connectivity index (χ1) is 10.0. The summed E-state index contributed by atoms with van der Waals surface area (Å²) in [4.78, 5) is 10.9. The molecule has 0 spiro atoms. The van der Waals surface area contributed by atoms with Gasteiger partial charge in [-0.1, -0.05) is 41.5 Å². The van der Waals surface area contributed by atoms with Gasteiger partial charge >= 0.3 is 0 Å². The molecular formula is C18H36O3Si. The highest BCUT2D eigenvalue weighted by Gasteiger charge is 2.45. The van der Waals surface area contributed by atoms with Gasteiger partial charge in [-0.25, -0.2) is 0 Å². The normalized spacial score (nSPS) is 31.8. The Hall–Kier alpha value is -0.193. The molecule has 0 aromatic carbocycles. The maximum Gasteiger partial charge on any atom is 0.192 e. The molecule has 1 rings (SSSR count). The van der Waals surface area contributed by atoms with Crippen molar-refractivity contribution in [2.24, 2.45) is 11.8 Å². The molecule has 22 heavy (non-hydrogen) atoms. The fourth-order valence-electron chi connectivity index (χ4n) is 3.03. The summed E-state index contributed by atoms with van der Waals surface area (Å²) in [5, 5.41) is 0.191. The Labute approximate surface area is 138 Å². The molecule has 0 amide bonds. The second-order valence-electron chi connectivity index (χ2n) is 8.56. The number of carbonyl (C=O) groups excluding carboxylic acids is 1. The van der Waals surface area contributed by atoms with Crippen molar-refractivity contribution < 1.29 is 14.0 Å². The summed E-state index contributed by atoms with van der Waals surface area (Å²) >= 11 is 0. The summed E-state index contributed by atoms with van der Waals surface area (Å²) in [7, 11) is -1.83. The van der Waals surface area contributed by atoms with E-state index in [-0.39, 0.29) is 23.2 Å². The summed E-state index contributed by atoms with van der Waals surface area (Å²) in [6, 6.07) is 0. The van der Waals surface area contributed by atoms with Gasteiger partial charge in [-0.15, -0.1) is 0 Å². The molecule has 0 aromatic heterocycles. The Morgan fingerprint density at radius 3 is 2.41 bits per heavy atom. The largest absolute Gasteiger partial charge is 0.411 e. The summed E-state index contributed by atoms with van der Waals surface area (Å²) < 4.78 is 13.1. The first-order valence-electron chi connectivity index (χ1n) is 8.80. The van der Waals surface area contributed by atoms with Gasteiger partial charge in [0.15, 0.2) is 8.32 Å². The number of aldehydes is 1. The molecule has 4 heteroatoms. The van der Waals surface area contributed by atoms with Gasteiger partial charge in [-0.05, 0) is 42.8 Å². The van der Waals surface area contributed by atoms with Crippen LogP contribution >= 0.6 is 0 Å². The lowest BCUT2D eigenvalue weighted by Gasteiger charge is -2.47. The quantitative estimate of drug-likeness (QED) is 0.519. The lowest BCUT2D eigenvalue weighted by molar-refractivity contribution is -0.157. The van der Waals surface area contributed by atoms with E-state index >= 15 is 0 Å². The van der Waals surface area contributed by atoms with Gasteiger partial charge < -0.3 is 14.0 Å². The topological polar surface area (TPSA) is 35.5 Å². The molecule has 1 saturated heterocycles. The van der Waals surface area contributed by atoms with E-state index < -0.39 is 8.32 Å². The Morgan fingerprint density at radius 2 is 1.95 bits per heavy atom. The van der Waals surface area contributed by atoms with Crippen LogP contribution in [0.15, 0.2) is 0 Å². The van der Waals surface area contributed by atoms with Crippen LogP contribution in [0.25, 0.3) is 0 Å². The number of hydrogen-bond acceptors (Lipinski definition) is 3. The molecule has 0 bridgehead atoms. The molecule has 0 aromatic rings. The van der Waals surface area contributed by atoms with Crippen molar-refractivity contribution in [2.75, 3.05) is 0 Å². The Morgan fingerprint density at radius 1 is 1.36 bits per heavy atom. The zero-order chi connectivity index (χ0) is 17.1. The van der Waals surface area contributed by atoms with Crippen LogP contribution in [0.2, 0.25) is 18.1 Å². The fourth-order valence-corrected chi connectivity index (χ4v) is 4.37. The van der Waals surface area contributed by atoms with Crippen molar-refractivity contribution in [2.45, 2.75) is 97.2 Å². The highest BCUT2D eigenvalue weighted by atomic mass is 28.4. The average molecular weight is 329 g/mol. The highest BCUT2D eigenvalue weighted by molar-refractivity contribution is 6.74. The molecule has 1 fully saturated rings. The van der Waals surface area contributed by atoms with Crippen molar-refractivity contribution in [1.29, 1.82) is 0 Å². The zero-order valence-electron chi connectivity index (χ0n) is 15.8. The number of hydrogen-bond donors (Lipinski definition) is 0. The third-order valence-electron chi connectivity index (χ3n) is 5.62. The minimum atomic E-state index is -1.83. The summed E-state index contributed by atoms with van der Waals surface area (Å²) in [5.41, 5.74) is 0. The number of ether oxygens (including phenoxy) is 1. The van der Waals surface area contributed by atoms with Crippen molar-refractivity contribution in [1.82, 2.24) is 0 Å². The molecule has 0 radical (unpaired) electrons. The van der Waals surface area contributed by atoms with Crippen molar-refractivity contribution >= 4 is 14.6 Å². The van der Waals surface area contributed by atoms with E-state index in [0.29, 0.717) is 18.4 Å². The molecule has 0 unspecified atom stereocenters. The van der Waals surface area contributed by atoms with Crippen LogP contribution in [0.5, 0.6) is 0 Å². The predicted molar refractivity (Wildman–Crippen MR) is 94.6 cm³/mol. The van der Waals surface area contributed by atoms with E-state index in [1.54, 1.807) is 0 Å². The van der Waals surface area contributed by atoms with E-state index in [9.17, 15) is 4.79 Å². The molecule has 1 heterocycles. The molecule has 3 nitrogen and oxygen atoms in total. The molecule has 1 aliphatic rings. The summed E-state index contributed by atoms with van der Waals surface area (Å²) in [6.45, 7) is 18.0. The molecule has 130 valence electrons.